The van der Waals surface area contributed by atoms with Crippen molar-refractivity contribution < 1.29 is 14.3 Å². The Bertz CT molecular complexity index is 590. The molecule has 0 aliphatic carbocycles. The van der Waals surface area contributed by atoms with Crippen molar-refractivity contribution in [2.24, 2.45) is 5.92 Å². The van der Waals surface area contributed by atoms with Crippen LogP contribution in [0.5, 0.6) is 0 Å². The Hall–Kier alpha value is -1.99. The lowest BCUT2D eigenvalue weighted by molar-refractivity contribution is -0.138. The first-order chi connectivity index (χ1) is 12.7. The van der Waals surface area contributed by atoms with Gasteiger partial charge in [-0.1, -0.05) is 6.07 Å². The maximum atomic E-state index is 12.5. The lowest BCUT2D eigenvalue weighted by Gasteiger charge is -2.33. The number of likely N-dealkylation sites (tertiary alicyclic amines) is 1. The zero-order valence-corrected chi connectivity index (χ0v) is 15.2. The molecule has 2 fully saturated rings. The number of aromatic nitrogens is 1. The molecule has 2 saturated heterocycles. The first kappa shape index (κ1) is 18.8. The summed E-state index contributed by atoms with van der Waals surface area (Å²) in [6, 6.07) is 3.80. The third kappa shape index (κ3) is 5.51. The number of carbonyl (C=O) groups excluding carboxylic acids is 2. The van der Waals surface area contributed by atoms with E-state index in [0.717, 1.165) is 51.4 Å². The van der Waals surface area contributed by atoms with Gasteiger partial charge < -0.3 is 15.0 Å². The molecule has 0 spiro atoms. The number of hydrogen-bond acceptors (Lipinski definition) is 5. The van der Waals surface area contributed by atoms with Gasteiger partial charge in [-0.05, 0) is 24.5 Å². The first-order valence-corrected chi connectivity index (χ1v) is 9.47. The molecule has 2 amide bonds. The van der Waals surface area contributed by atoms with Crippen LogP contribution >= 0.6 is 0 Å². The summed E-state index contributed by atoms with van der Waals surface area (Å²) < 4.78 is 5.35. The van der Waals surface area contributed by atoms with Crippen molar-refractivity contribution in [3.8, 4) is 0 Å². The van der Waals surface area contributed by atoms with Crippen molar-refractivity contribution in [2.75, 3.05) is 45.9 Å². The SMILES string of the molecule is O=C(NCc1cccnc1)[C@H]1CCC(=O)N(CCCN2CCOCC2)C1. The van der Waals surface area contributed by atoms with Gasteiger partial charge in [-0.25, -0.2) is 0 Å². The van der Waals surface area contributed by atoms with Crippen LogP contribution in [-0.2, 0) is 20.9 Å². The number of pyridine rings is 1. The van der Waals surface area contributed by atoms with E-state index in [-0.39, 0.29) is 17.7 Å². The highest BCUT2D eigenvalue weighted by atomic mass is 16.5. The number of carbonyl (C=O) groups is 2. The zero-order chi connectivity index (χ0) is 18.2. The normalized spacial score (nSPS) is 21.6. The van der Waals surface area contributed by atoms with E-state index >= 15 is 0 Å². The molecule has 1 atom stereocenters. The smallest absolute Gasteiger partial charge is 0.225 e. The molecule has 0 aromatic carbocycles. The van der Waals surface area contributed by atoms with Gasteiger partial charge in [0.15, 0.2) is 0 Å². The summed E-state index contributed by atoms with van der Waals surface area (Å²) in [6.45, 7) is 6.23. The van der Waals surface area contributed by atoms with E-state index in [2.05, 4.69) is 15.2 Å². The molecule has 3 heterocycles. The van der Waals surface area contributed by atoms with Gasteiger partial charge in [0, 0.05) is 58.1 Å². The van der Waals surface area contributed by atoms with Crippen LogP contribution in [0.15, 0.2) is 24.5 Å². The predicted molar refractivity (Wildman–Crippen MR) is 97.3 cm³/mol. The van der Waals surface area contributed by atoms with Crippen molar-refractivity contribution >= 4 is 11.8 Å². The summed E-state index contributed by atoms with van der Waals surface area (Å²) in [5.41, 5.74) is 0.982. The van der Waals surface area contributed by atoms with E-state index in [1.54, 1.807) is 12.4 Å². The molecule has 142 valence electrons. The zero-order valence-electron chi connectivity index (χ0n) is 15.2. The summed E-state index contributed by atoms with van der Waals surface area (Å²) in [5.74, 6) is 0.0792. The molecule has 3 rings (SSSR count). The third-order valence-electron chi connectivity index (χ3n) is 5.07. The first-order valence-electron chi connectivity index (χ1n) is 9.47. The molecule has 1 N–H and O–H groups in total. The summed E-state index contributed by atoms with van der Waals surface area (Å²) >= 11 is 0. The van der Waals surface area contributed by atoms with Crippen molar-refractivity contribution in [1.82, 2.24) is 20.1 Å². The quantitative estimate of drug-likeness (QED) is 0.773. The number of ether oxygens (including phenoxy) is 1. The number of nitrogens with one attached hydrogen (secondary N) is 1. The largest absolute Gasteiger partial charge is 0.379 e. The van der Waals surface area contributed by atoms with Crippen molar-refractivity contribution in [2.45, 2.75) is 25.8 Å². The Morgan fingerprint density at radius 3 is 2.92 bits per heavy atom. The van der Waals surface area contributed by atoms with E-state index in [1.807, 2.05) is 17.0 Å². The second-order valence-electron chi connectivity index (χ2n) is 6.96. The van der Waals surface area contributed by atoms with Crippen LogP contribution in [-0.4, -0.2) is 72.5 Å². The molecular formula is C19H28N4O3. The van der Waals surface area contributed by atoms with Gasteiger partial charge in [-0.2, -0.15) is 0 Å². The summed E-state index contributed by atoms with van der Waals surface area (Å²) in [6.07, 6.45) is 5.51. The second kappa shape index (κ2) is 9.64. The van der Waals surface area contributed by atoms with Gasteiger partial charge in [0.1, 0.15) is 0 Å². The Labute approximate surface area is 154 Å². The topological polar surface area (TPSA) is 74.8 Å². The third-order valence-corrected chi connectivity index (χ3v) is 5.07. The average molecular weight is 360 g/mol. The van der Waals surface area contributed by atoms with Crippen LogP contribution in [0, 0.1) is 5.92 Å². The van der Waals surface area contributed by atoms with E-state index in [1.165, 1.54) is 0 Å². The molecule has 1 aromatic heterocycles. The highest BCUT2D eigenvalue weighted by molar-refractivity contribution is 5.83. The van der Waals surface area contributed by atoms with Crippen molar-refractivity contribution in [1.29, 1.82) is 0 Å². The Morgan fingerprint density at radius 1 is 1.31 bits per heavy atom. The molecule has 1 aromatic rings. The molecule has 0 unspecified atom stereocenters. The Balaban J connectivity index is 1.41. The van der Waals surface area contributed by atoms with Crippen LogP contribution in [0.3, 0.4) is 0 Å². The van der Waals surface area contributed by atoms with Crippen LogP contribution in [0.2, 0.25) is 0 Å². The van der Waals surface area contributed by atoms with Gasteiger partial charge in [-0.15, -0.1) is 0 Å². The minimum Gasteiger partial charge on any atom is -0.379 e. The maximum absolute atomic E-state index is 12.5. The van der Waals surface area contributed by atoms with E-state index < -0.39 is 0 Å². The standard InChI is InChI=1S/C19H28N4O3/c24-18-5-4-17(19(25)21-14-16-3-1-6-20-13-16)15-23(18)8-2-7-22-9-11-26-12-10-22/h1,3,6,13,17H,2,4-5,7-12,14-15H2,(H,21,25)/t17-/m0/s1. The van der Waals surface area contributed by atoms with Crippen LogP contribution in [0.1, 0.15) is 24.8 Å². The average Bonchev–Trinajstić information content (AvgIpc) is 2.69. The molecule has 2 aliphatic rings. The number of morpholine rings is 1. The molecule has 2 aliphatic heterocycles. The number of piperidine rings is 1. The van der Waals surface area contributed by atoms with Gasteiger partial charge >= 0.3 is 0 Å². The highest BCUT2D eigenvalue weighted by Crippen LogP contribution is 2.18. The van der Waals surface area contributed by atoms with Crippen molar-refractivity contribution in [3.05, 3.63) is 30.1 Å². The van der Waals surface area contributed by atoms with E-state index in [0.29, 0.717) is 25.9 Å². The molecular weight excluding hydrogens is 332 g/mol. The summed E-state index contributed by atoms with van der Waals surface area (Å²) in [5, 5.41) is 2.97. The fourth-order valence-electron chi connectivity index (χ4n) is 3.49. The lowest BCUT2D eigenvalue weighted by Crippen LogP contribution is -2.46. The molecule has 0 bridgehead atoms. The lowest BCUT2D eigenvalue weighted by atomic mass is 9.96. The molecule has 7 nitrogen and oxygen atoms in total. The molecule has 0 radical (unpaired) electrons. The van der Waals surface area contributed by atoms with Crippen molar-refractivity contribution in [3.63, 3.8) is 0 Å². The summed E-state index contributed by atoms with van der Waals surface area (Å²) in [4.78, 5) is 32.9. The Kier molecular flexibility index (Phi) is 6.96. The number of rotatable bonds is 7. The van der Waals surface area contributed by atoms with Gasteiger partial charge in [0.05, 0.1) is 19.1 Å². The highest BCUT2D eigenvalue weighted by Gasteiger charge is 2.29. The fourth-order valence-corrected chi connectivity index (χ4v) is 3.49. The number of hydrogen-bond donors (Lipinski definition) is 1. The molecule has 26 heavy (non-hydrogen) atoms. The maximum Gasteiger partial charge on any atom is 0.225 e. The van der Waals surface area contributed by atoms with E-state index in [4.69, 9.17) is 4.74 Å². The van der Waals surface area contributed by atoms with Crippen LogP contribution in [0.4, 0.5) is 0 Å². The molecule has 7 heteroatoms. The minimum absolute atomic E-state index is 0.0273. The summed E-state index contributed by atoms with van der Waals surface area (Å²) in [7, 11) is 0. The minimum atomic E-state index is -0.118. The van der Waals surface area contributed by atoms with Gasteiger partial charge in [0.25, 0.3) is 0 Å². The monoisotopic (exact) mass is 360 g/mol. The van der Waals surface area contributed by atoms with Crippen LogP contribution < -0.4 is 5.32 Å². The van der Waals surface area contributed by atoms with Gasteiger partial charge in [0.2, 0.25) is 11.8 Å². The Morgan fingerprint density at radius 2 is 2.15 bits per heavy atom. The predicted octanol–water partition coefficient (Wildman–Crippen LogP) is 0.659. The second-order valence-corrected chi connectivity index (χ2v) is 6.96. The number of nitrogens with zero attached hydrogens (tertiary/aromatic N) is 3. The van der Waals surface area contributed by atoms with Crippen LogP contribution in [0.25, 0.3) is 0 Å². The van der Waals surface area contributed by atoms with Gasteiger partial charge in [-0.3, -0.25) is 19.5 Å². The van der Waals surface area contributed by atoms with E-state index in [9.17, 15) is 9.59 Å². The molecule has 0 saturated carbocycles. The fraction of sp³-hybridized carbons (Fsp3) is 0.632. The number of amides is 2.